The largest absolute Gasteiger partial charge is 0.497 e. The number of nitrogens with one attached hydrogen (secondary N) is 1. The van der Waals surface area contributed by atoms with Gasteiger partial charge in [0.15, 0.2) is 0 Å². The summed E-state index contributed by atoms with van der Waals surface area (Å²) >= 11 is 0. The molecule has 0 bridgehead atoms. The van der Waals surface area contributed by atoms with E-state index in [1.165, 1.54) is 17.0 Å². The first-order valence-electron chi connectivity index (χ1n) is 15.7. The van der Waals surface area contributed by atoms with Crippen LogP contribution in [0.15, 0.2) is 114 Å². The Morgan fingerprint density at radius 1 is 0.809 bits per heavy atom. The molecule has 0 aliphatic rings. The van der Waals surface area contributed by atoms with E-state index in [0.717, 1.165) is 15.4 Å². The summed E-state index contributed by atoms with van der Waals surface area (Å²) in [5.74, 6) is 0.281. The van der Waals surface area contributed by atoms with Gasteiger partial charge in [0, 0.05) is 19.0 Å². The molecule has 2 atom stereocenters. The Labute approximate surface area is 278 Å². The van der Waals surface area contributed by atoms with Crippen molar-refractivity contribution >= 4 is 27.5 Å². The lowest BCUT2D eigenvalue weighted by Gasteiger charge is -2.34. The van der Waals surface area contributed by atoms with Gasteiger partial charge in [-0.15, -0.1) is 0 Å². The Kier molecular flexibility index (Phi) is 12.4. The SMILES string of the molecule is CCOc1ccc(S(=O)(=O)N(CC(=O)N(Cc2cccc(OC)c2)[C@@H](Cc2ccccc2)C(=O)N[C@@H](C)CC)c2ccccc2)cc1. The quantitative estimate of drug-likeness (QED) is 0.162. The van der Waals surface area contributed by atoms with Crippen molar-refractivity contribution in [1.82, 2.24) is 10.2 Å². The van der Waals surface area contributed by atoms with E-state index >= 15 is 0 Å². The summed E-state index contributed by atoms with van der Waals surface area (Å²) in [6.45, 7) is 5.68. The highest BCUT2D eigenvalue weighted by Crippen LogP contribution is 2.26. The van der Waals surface area contributed by atoms with Crippen LogP contribution in [0.25, 0.3) is 0 Å². The molecule has 4 aromatic rings. The van der Waals surface area contributed by atoms with E-state index in [9.17, 15) is 18.0 Å². The van der Waals surface area contributed by atoms with Gasteiger partial charge >= 0.3 is 0 Å². The number of anilines is 1. The number of carbonyl (C=O) groups excluding carboxylic acids is 2. The highest BCUT2D eigenvalue weighted by Gasteiger charge is 2.35. The first-order chi connectivity index (χ1) is 22.7. The zero-order chi connectivity index (χ0) is 33.8. The Morgan fingerprint density at radius 2 is 1.45 bits per heavy atom. The van der Waals surface area contributed by atoms with Crippen LogP contribution in [0.1, 0.15) is 38.3 Å². The minimum absolute atomic E-state index is 0.00676. The molecule has 4 aromatic carbocycles. The van der Waals surface area contributed by atoms with Gasteiger partial charge < -0.3 is 19.7 Å². The number of hydrogen-bond acceptors (Lipinski definition) is 6. The smallest absolute Gasteiger partial charge is 0.264 e. The first kappa shape index (κ1) is 35.0. The summed E-state index contributed by atoms with van der Waals surface area (Å²) in [5, 5.41) is 3.05. The van der Waals surface area contributed by atoms with Crippen molar-refractivity contribution in [2.75, 3.05) is 24.6 Å². The maximum atomic E-state index is 14.6. The molecule has 0 unspecified atom stereocenters. The monoisotopic (exact) mass is 657 g/mol. The van der Waals surface area contributed by atoms with Crippen LogP contribution in [0, 0.1) is 0 Å². The Morgan fingerprint density at radius 3 is 2.06 bits per heavy atom. The minimum atomic E-state index is -4.22. The third-order valence-electron chi connectivity index (χ3n) is 7.80. The van der Waals surface area contributed by atoms with Crippen molar-refractivity contribution in [3.63, 3.8) is 0 Å². The van der Waals surface area contributed by atoms with Gasteiger partial charge in [-0.2, -0.15) is 0 Å². The van der Waals surface area contributed by atoms with Crippen molar-refractivity contribution < 1.29 is 27.5 Å². The van der Waals surface area contributed by atoms with Crippen LogP contribution in [-0.2, 0) is 32.6 Å². The lowest BCUT2D eigenvalue weighted by atomic mass is 10.0. The first-order valence-corrected chi connectivity index (χ1v) is 17.2. The van der Waals surface area contributed by atoms with Crippen LogP contribution in [0.4, 0.5) is 5.69 Å². The molecule has 10 heteroatoms. The van der Waals surface area contributed by atoms with E-state index in [-0.39, 0.29) is 29.8 Å². The molecule has 0 aromatic heterocycles. The maximum absolute atomic E-state index is 14.6. The van der Waals surface area contributed by atoms with Crippen LogP contribution >= 0.6 is 0 Å². The van der Waals surface area contributed by atoms with Gasteiger partial charge in [-0.25, -0.2) is 8.42 Å². The molecule has 9 nitrogen and oxygen atoms in total. The highest BCUT2D eigenvalue weighted by atomic mass is 32.2. The topological polar surface area (TPSA) is 105 Å². The van der Waals surface area contributed by atoms with Gasteiger partial charge in [-0.1, -0.05) is 67.6 Å². The van der Waals surface area contributed by atoms with Crippen molar-refractivity contribution in [2.45, 2.75) is 57.1 Å². The molecule has 1 N–H and O–H groups in total. The number of hydrogen-bond donors (Lipinski definition) is 1. The predicted octanol–water partition coefficient (Wildman–Crippen LogP) is 5.84. The fourth-order valence-corrected chi connectivity index (χ4v) is 6.50. The number of para-hydroxylation sites is 1. The van der Waals surface area contributed by atoms with Gasteiger partial charge in [0.25, 0.3) is 10.0 Å². The average molecular weight is 658 g/mol. The Hall–Kier alpha value is -4.83. The van der Waals surface area contributed by atoms with Crippen molar-refractivity contribution in [3.05, 3.63) is 120 Å². The summed E-state index contributed by atoms with van der Waals surface area (Å²) in [4.78, 5) is 30.0. The normalized spacial score (nSPS) is 12.4. The van der Waals surface area contributed by atoms with Crippen molar-refractivity contribution in [2.24, 2.45) is 0 Å². The molecule has 0 saturated heterocycles. The zero-order valence-electron chi connectivity index (χ0n) is 27.3. The molecule has 0 saturated carbocycles. The molecule has 0 heterocycles. The second-order valence-corrected chi connectivity index (χ2v) is 13.0. The lowest BCUT2D eigenvalue weighted by molar-refractivity contribution is -0.140. The molecule has 0 aliphatic heterocycles. The van der Waals surface area contributed by atoms with Gasteiger partial charge in [-0.3, -0.25) is 13.9 Å². The molecule has 4 rings (SSSR count). The van der Waals surface area contributed by atoms with Gasteiger partial charge in [0.2, 0.25) is 11.8 Å². The third kappa shape index (κ3) is 9.36. The second-order valence-electron chi connectivity index (χ2n) is 11.1. The number of rotatable bonds is 16. The maximum Gasteiger partial charge on any atom is 0.264 e. The molecular formula is C37H43N3O6S. The van der Waals surface area contributed by atoms with E-state index in [4.69, 9.17) is 9.47 Å². The number of ether oxygens (including phenoxy) is 2. The molecule has 248 valence electrons. The third-order valence-corrected chi connectivity index (χ3v) is 9.59. The lowest BCUT2D eigenvalue weighted by Crippen LogP contribution is -2.54. The van der Waals surface area contributed by atoms with Crippen LogP contribution < -0.4 is 19.1 Å². The molecule has 0 radical (unpaired) electrons. The fourth-order valence-electron chi connectivity index (χ4n) is 5.09. The number of carbonyl (C=O) groups is 2. The van der Waals surface area contributed by atoms with Gasteiger partial charge in [-0.05, 0) is 79.9 Å². The van der Waals surface area contributed by atoms with Gasteiger partial charge in [0.1, 0.15) is 24.1 Å². The summed E-state index contributed by atoms with van der Waals surface area (Å²) in [6.07, 6.45) is 0.936. The average Bonchev–Trinajstić information content (AvgIpc) is 3.09. The predicted molar refractivity (Wildman–Crippen MR) is 184 cm³/mol. The highest BCUT2D eigenvalue weighted by molar-refractivity contribution is 7.92. The minimum Gasteiger partial charge on any atom is -0.497 e. The second kappa shape index (κ2) is 16.6. The van der Waals surface area contributed by atoms with E-state index in [0.29, 0.717) is 30.2 Å². The van der Waals surface area contributed by atoms with Crippen LogP contribution in [0.3, 0.4) is 0 Å². The Bertz CT molecular complexity index is 1700. The van der Waals surface area contributed by atoms with E-state index < -0.39 is 28.5 Å². The van der Waals surface area contributed by atoms with Gasteiger partial charge in [0.05, 0.1) is 24.3 Å². The summed E-state index contributed by atoms with van der Waals surface area (Å²) in [5.41, 5.74) is 1.91. The number of nitrogens with zero attached hydrogens (tertiary/aromatic N) is 2. The fraction of sp³-hybridized carbons (Fsp3) is 0.297. The van der Waals surface area contributed by atoms with Crippen LogP contribution in [-0.4, -0.2) is 57.5 Å². The number of sulfonamides is 1. The van der Waals surface area contributed by atoms with Crippen molar-refractivity contribution in [3.8, 4) is 11.5 Å². The molecular weight excluding hydrogens is 614 g/mol. The number of amides is 2. The van der Waals surface area contributed by atoms with E-state index in [2.05, 4.69) is 5.32 Å². The molecule has 47 heavy (non-hydrogen) atoms. The zero-order valence-corrected chi connectivity index (χ0v) is 28.2. The summed E-state index contributed by atoms with van der Waals surface area (Å²) < 4.78 is 40.4. The van der Waals surface area contributed by atoms with Crippen LogP contribution in [0.5, 0.6) is 11.5 Å². The number of methoxy groups -OCH3 is 1. The molecule has 0 fully saturated rings. The van der Waals surface area contributed by atoms with E-state index in [1.807, 2.05) is 63.2 Å². The number of benzene rings is 4. The molecule has 0 aliphatic carbocycles. The van der Waals surface area contributed by atoms with E-state index in [1.54, 1.807) is 61.7 Å². The Balaban J connectivity index is 1.79. The standard InChI is InChI=1S/C37H43N3O6S/c1-5-28(3)38-37(42)35(25-29-14-9-7-10-15-29)39(26-30-16-13-19-33(24-30)45-4)36(41)27-40(31-17-11-8-12-18-31)47(43,44)34-22-20-32(21-23-34)46-6-2/h7-24,28,35H,5-6,25-27H2,1-4H3,(H,38,42)/t28-,35-/m0/s1. The van der Waals surface area contributed by atoms with Crippen molar-refractivity contribution in [1.29, 1.82) is 0 Å². The summed E-state index contributed by atoms with van der Waals surface area (Å²) in [6, 6.07) is 30.3. The van der Waals surface area contributed by atoms with Crippen LogP contribution in [0.2, 0.25) is 0 Å². The molecule has 0 spiro atoms. The molecule has 2 amide bonds. The summed E-state index contributed by atoms with van der Waals surface area (Å²) in [7, 11) is -2.66.